The van der Waals surface area contributed by atoms with Gasteiger partial charge in [-0.1, -0.05) is 6.92 Å². The number of aliphatic carboxylic acids is 1. The summed E-state index contributed by atoms with van der Waals surface area (Å²) in [7, 11) is 0. The van der Waals surface area contributed by atoms with Gasteiger partial charge in [0.05, 0.1) is 5.92 Å². The molecule has 4 nitrogen and oxygen atoms in total. The standard InChI is InChI=1S/C11H11FN2O2/c1-7(11(15)16)5-8-6-13-10-9(12)3-2-4-14(8)10/h2-4,6-7H,5H2,1H3,(H,15,16). The molecule has 0 saturated carbocycles. The molecule has 1 N–H and O–H groups in total. The van der Waals surface area contributed by atoms with Gasteiger partial charge in [-0.3, -0.25) is 4.79 Å². The van der Waals surface area contributed by atoms with E-state index in [0.717, 1.165) is 0 Å². The molecule has 0 aliphatic carbocycles. The van der Waals surface area contributed by atoms with Gasteiger partial charge < -0.3 is 9.51 Å². The lowest BCUT2D eigenvalue weighted by Crippen LogP contribution is -2.13. The zero-order valence-electron chi connectivity index (χ0n) is 8.72. The average molecular weight is 222 g/mol. The number of carboxylic acid groups (broad SMARTS) is 1. The normalized spacial score (nSPS) is 12.9. The number of imidazole rings is 1. The van der Waals surface area contributed by atoms with E-state index in [4.69, 9.17) is 5.11 Å². The van der Waals surface area contributed by atoms with E-state index in [2.05, 4.69) is 4.98 Å². The van der Waals surface area contributed by atoms with Crippen LogP contribution in [0.2, 0.25) is 0 Å². The van der Waals surface area contributed by atoms with E-state index in [1.807, 2.05) is 0 Å². The van der Waals surface area contributed by atoms with E-state index in [0.29, 0.717) is 12.1 Å². The van der Waals surface area contributed by atoms with E-state index in [9.17, 15) is 9.18 Å². The predicted molar refractivity (Wildman–Crippen MR) is 55.7 cm³/mol. The van der Waals surface area contributed by atoms with Crippen LogP contribution in [0.4, 0.5) is 4.39 Å². The van der Waals surface area contributed by atoms with Crippen molar-refractivity contribution >= 4 is 11.6 Å². The Morgan fingerprint density at radius 2 is 2.44 bits per heavy atom. The number of hydrogen-bond acceptors (Lipinski definition) is 2. The Balaban J connectivity index is 2.39. The Kier molecular flexibility index (Phi) is 2.60. The number of nitrogens with zero attached hydrogens (tertiary/aromatic N) is 2. The van der Waals surface area contributed by atoms with E-state index in [1.165, 1.54) is 12.3 Å². The maximum atomic E-state index is 13.3. The Morgan fingerprint density at radius 3 is 3.12 bits per heavy atom. The summed E-state index contributed by atoms with van der Waals surface area (Å²) < 4.78 is 14.9. The monoisotopic (exact) mass is 222 g/mol. The molecule has 16 heavy (non-hydrogen) atoms. The molecule has 84 valence electrons. The van der Waals surface area contributed by atoms with Gasteiger partial charge in [0.1, 0.15) is 0 Å². The molecule has 0 amide bonds. The van der Waals surface area contributed by atoms with Crippen LogP contribution in [-0.2, 0) is 11.2 Å². The highest BCUT2D eigenvalue weighted by Gasteiger charge is 2.15. The van der Waals surface area contributed by atoms with E-state index in [1.54, 1.807) is 23.6 Å². The number of aromatic nitrogens is 2. The summed E-state index contributed by atoms with van der Waals surface area (Å²) in [5, 5.41) is 8.80. The van der Waals surface area contributed by atoms with Crippen molar-refractivity contribution in [2.45, 2.75) is 13.3 Å². The Hall–Kier alpha value is -1.91. The number of hydrogen-bond donors (Lipinski definition) is 1. The second-order valence-corrected chi connectivity index (χ2v) is 3.74. The van der Waals surface area contributed by atoms with Crippen LogP contribution in [0.15, 0.2) is 24.5 Å². The highest BCUT2D eigenvalue weighted by molar-refractivity contribution is 5.69. The molecule has 0 saturated heterocycles. The molecule has 5 heteroatoms. The maximum absolute atomic E-state index is 13.3. The first-order valence-electron chi connectivity index (χ1n) is 4.93. The van der Waals surface area contributed by atoms with Gasteiger partial charge in [-0.2, -0.15) is 0 Å². The Bertz CT molecular complexity index is 536. The first-order valence-corrected chi connectivity index (χ1v) is 4.93. The molecule has 0 fully saturated rings. The van der Waals surface area contributed by atoms with Gasteiger partial charge in [0, 0.05) is 24.5 Å². The van der Waals surface area contributed by atoms with Gasteiger partial charge in [-0.05, 0) is 12.1 Å². The Morgan fingerprint density at radius 1 is 1.69 bits per heavy atom. The number of halogens is 1. The largest absolute Gasteiger partial charge is 0.481 e. The molecule has 1 atom stereocenters. The summed E-state index contributed by atoms with van der Waals surface area (Å²) in [4.78, 5) is 14.7. The summed E-state index contributed by atoms with van der Waals surface area (Å²) in [5.74, 6) is -1.79. The summed E-state index contributed by atoms with van der Waals surface area (Å²) in [6.07, 6.45) is 3.52. The van der Waals surface area contributed by atoms with Crippen molar-refractivity contribution in [2.24, 2.45) is 5.92 Å². The van der Waals surface area contributed by atoms with Crippen LogP contribution in [0.1, 0.15) is 12.6 Å². The Labute approximate surface area is 91.4 Å². The van der Waals surface area contributed by atoms with Crippen molar-refractivity contribution < 1.29 is 14.3 Å². The summed E-state index contributed by atoms with van der Waals surface area (Å²) in [6.45, 7) is 1.61. The first-order chi connectivity index (χ1) is 7.59. The highest BCUT2D eigenvalue weighted by Crippen LogP contribution is 2.14. The van der Waals surface area contributed by atoms with Crippen LogP contribution in [-0.4, -0.2) is 20.5 Å². The van der Waals surface area contributed by atoms with Gasteiger partial charge in [-0.15, -0.1) is 0 Å². The fraction of sp³-hybridized carbons (Fsp3) is 0.273. The van der Waals surface area contributed by atoms with Gasteiger partial charge in [0.15, 0.2) is 11.5 Å². The van der Waals surface area contributed by atoms with Crippen LogP contribution >= 0.6 is 0 Å². The maximum Gasteiger partial charge on any atom is 0.306 e. The molecule has 2 rings (SSSR count). The van der Waals surface area contributed by atoms with Crippen LogP contribution < -0.4 is 0 Å². The zero-order valence-corrected chi connectivity index (χ0v) is 8.72. The highest BCUT2D eigenvalue weighted by atomic mass is 19.1. The van der Waals surface area contributed by atoms with Crippen LogP contribution in [0.25, 0.3) is 5.65 Å². The lowest BCUT2D eigenvalue weighted by Gasteiger charge is -2.05. The minimum Gasteiger partial charge on any atom is -0.481 e. The molecule has 2 aromatic rings. The van der Waals surface area contributed by atoms with Gasteiger partial charge >= 0.3 is 5.97 Å². The summed E-state index contributed by atoms with van der Waals surface area (Å²) in [6, 6.07) is 2.89. The smallest absolute Gasteiger partial charge is 0.306 e. The SMILES string of the molecule is CC(Cc1cnc2c(F)cccn12)C(=O)O. The minimum absolute atomic E-state index is 0.232. The van der Waals surface area contributed by atoms with Crippen molar-refractivity contribution in [3.8, 4) is 0 Å². The van der Waals surface area contributed by atoms with E-state index in [-0.39, 0.29) is 5.65 Å². The lowest BCUT2D eigenvalue weighted by molar-refractivity contribution is -0.141. The molecule has 0 aliphatic heterocycles. The molecular formula is C11H11FN2O2. The topological polar surface area (TPSA) is 54.6 Å². The molecule has 0 spiro atoms. The fourth-order valence-corrected chi connectivity index (χ4v) is 1.58. The van der Waals surface area contributed by atoms with Crippen LogP contribution in [0.5, 0.6) is 0 Å². The quantitative estimate of drug-likeness (QED) is 0.860. The van der Waals surface area contributed by atoms with Crippen molar-refractivity contribution in [3.63, 3.8) is 0 Å². The van der Waals surface area contributed by atoms with Crippen molar-refractivity contribution in [1.29, 1.82) is 0 Å². The molecule has 2 aromatic heterocycles. The van der Waals surface area contributed by atoms with E-state index >= 15 is 0 Å². The molecule has 1 unspecified atom stereocenters. The van der Waals surface area contributed by atoms with Gasteiger partial charge in [-0.25, -0.2) is 9.37 Å². The van der Waals surface area contributed by atoms with Gasteiger partial charge in [0.2, 0.25) is 0 Å². The van der Waals surface area contributed by atoms with Gasteiger partial charge in [0.25, 0.3) is 0 Å². The number of fused-ring (bicyclic) bond motifs is 1. The van der Waals surface area contributed by atoms with Crippen molar-refractivity contribution in [2.75, 3.05) is 0 Å². The molecular weight excluding hydrogens is 211 g/mol. The summed E-state index contributed by atoms with van der Waals surface area (Å²) in [5.41, 5.74) is 0.930. The second-order valence-electron chi connectivity index (χ2n) is 3.74. The average Bonchev–Trinajstić information content (AvgIpc) is 2.63. The van der Waals surface area contributed by atoms with Crippen LogP contribution in [0, 0.1) is 11.7 Å². The zero-order chi connectivity index (χ0) is 11.7. The number of pyridine rings is 1. The fourth-order valence-electron chi connectivity index (χ4n) is 1.58. The number of rotatable bonds is 3. The van der Waals surface area contributed by atoms with Crippen molar-refractivity contribution in [1.82, 2.24) is 9.38 Å². The third-order valence-corrected chi connectivity index (χ3v) is 2.50. The minimum atomic E-state index is -0.869. The van der Waals surface area contributed by atoms with Crippen LogP contribution in [0.3, 0.4) is 0 Å². The second kappa shape index (κ2) is 3.92. The molecule has 0 radical (unpaired) electrons. The number of carbonyl (C=O) groups is 1. The third kappa shape index (κ3) is 1.76. The number of carboxylic acids is 1. The molecule has 0 aliphatic rings. The predicted octanol–water partition coefficient (Wildman–Crippen LogP) is 1.74. The molecule has 0 bridgehead atoms. The first kappa shape index (κ1) is 10.6. The lowest BCUT2D eigenvalue weighted by atomic mass is 10.1. The third-order valence-electron chi connectivity index (χ3n) is 2.50. The van der Waals surface area contributed by atoms with Crippen molar-refractivity contribution in [3.05, 3.63) is 36.0 Å². The van der Waals surface area contributed by atoms with E-state index < -0.39 is 17.7 Å². The molecule has 2 heterocycles. The molecule has 0 aromatic carbocycles. The summed E-state index contributed by atoms with van der Waals surface area (Å²) >= 11 is 0.